The van der Waals surface area contributed by atoms with Crippen LogP contribution in [0.15, 0.2) is 0 Å². The molecule has 3 heteroatoms. The Morgan fingerprint density at radius 1 is 1.12 bits per heavy atom. The van der Waals surface area contributed by atoms with Crippen molar-refractivity contribution in [3.8, 4) is 0 Å². The number of rotatable bonds is 5. The number of nitrogens with zero attached hydrogens (tertiary/aromatic N) is 1. The van der Waals surface area contributed by atoms with Gasteiger partial charge in [0, 0.05) is 25.0 Å². The number of aliphatic hydroxyl groups is 1. The highest BCUT2D eigenvalue weighted by molar-refractivity contribution is 4.93. The quantitative estimate of drug-likeness (QED) is 0.679. The van der Waals surface area contributed by atoms with Crippen molar-refractivity contribution in [2.24, 2.45) is 11.8 Å². The monoisotopic (exact) mass is 224 g/mol. The third-order valence-corrected chi connectivity index (χ3v) is 4.56. The highest BCUT2D eigenvalue weighted by Gasteiger charge is 2.41. The second kappa shape index (κ2) is 4.63. The molecule has 1 saturated heterocycles. The van der Waals surface area contributed by atoms with Gasteiger partial charge in [-0.05, 0) is 51.1 Å². The van der Waals surface area contributed by atoms with Crippen molar-refractivity contribution in [1.82, 2.24) is 10.2 Å². The molecule has 16 heavy (non-hydrogen) atoms. The summed E-state index contributed by atoms with van der Waals surface area (Å²) in [4.78, 5) is 2.56. The average molecular weight is 224 g/mol. The summed E-state index contributed by atoms with van der Waals surface area (Å²) in [5, 5.41) is 13.4. The SMILES string of the molecule is OC1CCC2CN(CCCNC3CC3)CC12. The molecule has 1 aliphatic heterocycles. The van der Waals surface area contributed by atoms with E-state index in [4.69, 9.17) is 0 Å². The van der Waals surface area contributed by atoms with Gasteiger partial charge >= 0.3 is 0 Å². The lowest BCUT2D eigenvalue weighted by atomic mass is 10.00. The van der Waals surface area contributed by atoms with E-state index >= 15 is 0 Å². The first kappa shape index (κ1) is 11.0. The number of hydrogen-bond acceptors (Lipinski definition) is 3. The van der Waals surface area contributed by atoms with E-state index in [1.807, 2.05) is 0 Å². The maximum atomic E-state index is 9.83. The third-order valence-electron chi connectivity index (χ3n) is 4.56. The van der Waals surface area contributed by atoms with Gasteiger partial charge in [0.05, 0.1) is 6.10 Å². The second-order valence-electron chi connectivity index (χ2n) is 5.91. The lowest BCUT2D eigenvalue weighted by molar-refractivity contribution is 0.124. The highest BCUT2D eigenvalue weighted by Crippen LogP contribution is 2.37. The topological polar surface area (TPSA) is 35.5 Å². The maximum Gasteiger partial charge on any atom is 0.0583 e. The lowest BCUT2D eigenvalue weighted by Gasteiger charge is -2.17. The Bertz CT molecular complexity index is 242. The van der Waals surface area contributed by atoms with Crippen molar-refractivity contribution in [1.29, 1.82) is 0 Å². The molecular formula is C13H24N2O. The van der Waals surface area contributed by atoms with Crippen LogP contribution >= 0.6 is 0 Å². The molecule has 1 heterocycles. The van der Waals surface area contributed by atoms with Gasteiger partial charge in [-0.1, -0.05) is 0 Å². The van der Waals surface area contributed by atoms with Gasteiger partial charge in [0.25, 0.3) is 0 Å². The summed E-state index contributed by atoms with van der Waals surface area (Å²) in [5.41, 5.74) is 0. The molecule has 0 aromatic heterocycles. The molecule has 3 fully saturated rings. The fourth-order valence-electron chi connectivity index (χ4n) is 3.41. The first-order chi connectivity index (χ1) is 7.83. The zero-order chi connectivity index (χ0) is 11.0. The smallest absolute Gasteiger partial charge is 0.0583 e. The Labute approximate surface area is 98.2 Å². The van der Waals surface area contributed by atoms with Crippen LogP contribution in [0.2, 0.25) is 0 Å². The van der Waals surface area contributed by atoms with Crippen molar-refractivity contribution in [2.45, 2.75) is 44.2 Å². The summed E-state index contributed by atoms with van der Waals surface area (Å²) in [6.45, 7) is 4.79. The summed E-state index contributed by atoms with van der Waals surface area (Å²) in [6.07, 6.45) is 6.35. The van der Waals surface area contributed by atoms with Crippen LogP contribution in [0.1, 0.15) is 32.1 Å². The molecule has 0 aromatic carbocycles. The van der Waals surface area contributed by atoms with E-state index in [9.17, 15) is 5.11 Å². The second-order valence-corrected chi connectivity index (χ2v) is 5.91. The molecule has 0 aromatic rings. The third kappa shape index (κ3) is 2.41. The van der Waals surface area contributed by atoms with Crippen LogP contribution in [0.5, 0.6) is 0 Å². The molecule has 2 N–H and O–H groups in total. The fraction of sp³-hybridized carbons (Fsp3) is 1.00. The van der Waals surface area contributed by atoms with Gasteiger partial charge in [-0.3, -0.25) is 0 Å². The van der Waals surface area contributed by atoms with Gasteiger partial charge in [0.15, 0.2) is 0 Å². The van der Waals surface area contributed by atoms with Crippen LogP contribution in [0.3, 0.4) is 0 Å². The molecule has 3 nitrogen and oxygen atoms in total. The van der Waals surface area contributed by atoms with Crippen LogP contribution in [0, 0.1) is 11.8 Å². The van der Waals surface area contributed by atoms with Gasteiger partial charge in [0.2, 0.25) is 0 Å². The standard InChI is InChI=1S/C13H24N2O/c16-13-5-2-10-8-15(9-12(10)13)7-1-6-14-11-3-4-11/h10-14,16H,1-9H2. The number of hydrogen-bond donors (Lipinski definition) is 2. The van der Waals surface area contributed by atoms with Crippen LogP contribution in [0.25, 0.3) is 0 Å². The first-order valence-electron chi connectivity index (χ1n) is 6.97. The van der Waals surface area contributed by atoms with Crippen LogP contribution < -0.4 is 5.32 Å². The van der Waals surface area contributed by atoms with Crippen molar-refractivity contribution >= 4 is 0 Å². The summed E-state index contributed by atoms with van der Waals surface area (Å²) in [7, 11) is 0. The molecule has 2 aliphatic carbocycles. The van der Waals surface area contributed by atoms with E-state index in [-0.39, 0.29) is 6.10 Å². The van der Waals surface area contributed by atoms with Gasteiger partial charge in [-0.15, -0.1) is 0 Å². The minimum atomic E-state index is -0.000381. The lowest BCUT2D eigenvalue weighted by Crippen LogP contribution is -2.28. The predicted molar refractivity (Wildman–Crippen MR) is 64.3 cm³/mol. The normalized spacial score (nSPS) is 39.2. The number of likely N-dealkylation sites (tertiary alicyclic amines) is 1. The van der Waals surface area contributed by atoms with Crippen molar-refractivity contribution in [2.75, 3.05) is 26.2 Å². The molecule has 0 radical (unpaired) electrons. The summed E-state index contributed by atoms with van der Waals surface area (Å²) in [6, 6.07) is 0.847. The van der Waals surface area contributed by atoms with E-state index in [0.29, 0.717) is 5.92 Å². The Hall–Kier alpha value is -0.120. The van der Waals surface area contributed by atoms with E-state index < -0.39 is 0 Å². The number of fused-ring (bicyclic) bond motifs is 1. The molecule has 2 saturated carbocycles. The molecule has 3 atom stereocenters. The van der Waals surface area contributed by atoms with Crippen LogP contribution in [0.4, 0.5) is 0 Å². The summed E-state index contributed by atoms with van der Waals surface area (Å²) >= 11 is 0. The first-order valence-corrected chi connectivity index (χ1v) is 6.97. The zero-order valence-corrected chi connectivity index (χ0v) is 10.1. The molecule has 0 bridgehead atoms. The largest absolute Gasteiger partial charge is 0.393 e. The Morgan fingerprint density at radius 2 is 2.00 bits per heavy atom. The van der Waals surface area contributed by atoms with E-state index in [0.717, 1.165) is 24.9 Å². The van der Waals surface area contributed by atoms with Gasteiger partial charge in [-0.25, -0.2) is 0 Å². The highest BCUT2D eigenvalue weighted by atomic mass is 16.3. The summed E-state index contributed by atoms with van der Waals surface area (Å²) in [5.74, 6) is 1.39. The molecule has 0 amide bonds. The van der Waals surface area contributed by atoms with Gasteiger partial charge in [0.1, 0.15) is 0 Å². The van der Waals surface area contributed by atoms with Crippen LogP contribution in [-0.4, -0.2) is 48.3 Å². The molecule has 92 valence electrons. The Balaban J connectivity index is 1.34. The van der Waals surface area contributed by atoms with Crippen molar-refractivity contribution in [3.63, 3.8) is 0 Å². The van der Waals surface area contributed by atoms with Gasteiger partial charge < -0.3 is 15.3 Å². The predicted octanol–water partition coefficient (Wildman–Crippen LogP) is 0.831. The molecule has 3 unspecified atom stereocenters. The molecule has 3 aliphatic rings. The van der Waals surface area contributed by atoms with E-state index in [1.54, 1.807) is 0 Å². The minimum absolute atomic E-state index is 0.000381. The molecular weight excluding hydrogens is 200 g/mol. The van der Waals surface area contributed by atoms with Crippen LogP contribution in [-0.2, 0) is 0 Å². The maximum absolute atomic E-state index is 9.83. The number of nitrogens with one attached hydrogen (secondary N) is 1. The van der Waals surface area contributed by atoms with E-state index in [1.165, 1.54) is 45.3 Å². The average Bonchev–Trinajstić information content (AvgIpc) is 2.91. The summed E-state index contributed by atoms with van der Waals surface area (Å²) < 4.78 is 0. The zero-order valence-electron chi connectivity index (χ0n) is 10.1. The van der Waals surface area contributed by atoms with E-state index in [2.05, 4.69) is 10.2 Å². The van der Waals surface area contributed by atoms with Crippen molar-refractivity contribution < 1.29 is 5.11 Å². The molecule has 3 rings (SSSR count). The Morgan fingerprint density at radius 3 is 2.75 bits per heavy atom. The Kier molecular flexibility index (Phi) is 3.18. The number of aliphatic hydroxyl groups excluding tert-OH is 1. The van der Waals surface area contributed by atoms with Crippen molar-refractivity contribution in [3.05, 3.63) is 0 Å². The molecule has 0 spiro atoms. The van der Waals surface area contributed by atoms with Gasteiger partial charge in [-0.2, -0.15) is 0 Å². The minimum Gasteiger partial charge on any atom is -0.393 e. The fourth-order valence-corrected chi connectivity index (χ4v) is 3.41.